The fraction of sp³-hybridized carbons (Fsp3) is 0.522. The summed E-state index contributed by atoms with van der Waals surface area (Å²) in [4.78, 5) is 18.7. The number of hydrogen-bond acceptors (Lipinski definition) is 5. The van der Waals surface area contributed by atoms with Crippen molar-refractivity contribution in [3.05, 3.63) is 42.0 Å². The number of benzene rings is 1. The quantitative estimate of drug-likeness (QED) is 0.445. The van der Waals surface area contributed by atoms with Gasteiger partial charge in [0.25, 0.3) is 0 Å². The van der Waals surface area contributed by atoms with E-state index in [1.807, 2.05) is 28.0 Å². The van der Waals surface area contributed by atoms with Gasteiger partial charge in [0.2, 0.25) is 0 Å². The van der Waals surface area contributed by atoms with Crippen LogP contribution in [0.25, 0.3) is 11.0 Å². The molecule has 0 aliphatic carbocycles. The van der Waals surface area contributed by atoms with E-state index in [1.165, 1.54) is 16.8 Å². The van der Waals surface area contributed by atoms with Crippen LogP contribution >= 0.6 is 0 Å². The van der Waals surface area contributed by atoms with Crippen molar-refractivity contribution in [3.63, 3.8) is 0 Å². The van der Waals surface area contributed by atoms with Crippen LogP contribution in [0.15, 0.2) is 30.6 Å². The van der Waals surface area contributed by atoms with Gasteiger partial charge in [-0.1, -0.05) is 0 Å². The molecule has 1 saturated heterocycles. The molecular formula is C23H32N8O. The number of urea groups is 1. The van der Waals surface area contributed by atoms with E-state index in [0.29, 0.717) is 6.04 Å². The fourth-order valence-electron chi connectivity index (χ4n) is 4.72. The highest BCUT2D eigenvalue weighted by atomic mass is 16.2. The Balaban J connectivity index is 1.31. The number of rotatable bonds is 9. The molecule has 170 valence electrons. The van der Waals surface area contributed by atoms with Crippen molar-refractivity contribution in [2.24, 2.45) is 0 Å². The minimum atomic E-state index is 0.0426. The van der Waals surface area contributed by atoms with Crippen LogP contribution in [0, 0.1) is 0 Å². The molecule has 2 amide bonds. The van der Waals surface area contributed by atoms with E-state index in [0.717, 1.165) is 76.4 Å². The van der Waals surface area contributed by atoms with Crippen molar-refractivity contribution < 1.29 is 4.79 Å². The van der Waals surface area contributed by atoms with Gasteiger partial charge in [0.05, 0.1) is 11.0 Å². The molecule has 3 N–H and O–H groups in total. The van der Waals surface area contributed by atoms with Gasteiger partial charge in [0.15, 0.2) is 0 Å². The lowest BCUT2D eigenvalue weighted by Crippen LogP contribution is -2.35. The lowest BCUT2D eigenvalue weighted by Gasteiger charge is -2.24. The second-order valence-electron chi connectivity index (χ2n) is 8.71. The van der Waals surface area contributed by atoms with Crippen molar-refractivity contribution in [1.82, 2.24) is 34.9 Å². The fourth-order valence-corrected chi connectivity index (χ4v) is 4.72. The maximum atomic E-state index is 11.7. The first-order chi connectivity index (χ1) is 15.7. The lowest BCUT2D eigenvalue weighted by atomic mass is 9.98. The second kappa shape index (κ2) is 9.20. The molecule has 1 atom stereocenters. The number of aromatic nitrogens is 4. The first-order valence-electron chi connectivity index (χ1n) is 11.7. The van der Waals surface area contributed by atoms with Gasteiger partial charge in [-0.15, -0.1) is 0 Å². The predicted molar refractivity (Wildman–Crippen MR) is 125 cm³/mol. The van der Waals surface area contributed by atoms with Crippen LogP contribution in [0.2, 0.25) is 0 Å². The van der Waals surface area contributed by atoms with Crippen molar-refractivity contribution in [2.75, 3.05) is 38.0 Å². The summed E-state index contributed by atoms with van der Waals surface area (Å²) in [7, 11) is 0. The summed E-state index contributed by atoms with van der Waals surface area (Å²) in [5.41, 5.74) is 4.90. The Morgan fingerprint density at radius 2 is 2.12 bits per heavy atom. The highest BCUT2D eigenvalue weighted by molar-refractivity contribution is 5.86. The molecule has 0 saturated carbocycles. The van der Waals surface area contributed by atoms with Crippen LogP contribution in [0.4, 0.5) is 10.5 Å². The Morgan fingerprint density at radius 3 is 2.94 bits per heavy atom. The number of aryl methyl sites for hydroxylation is 3. The maximum Gasteiger partial charge on any atom is 0.317 e. The first-order valence-corrected chi connectivity index (χ1v) is 11.7. The zero-order valence-electron chi connectivity index (χ0n) is 18.7. The third kappa shape index (κ3) is 4.29. The minimum Gasteiger partial charge on any atom is -0.382 e. The number of imidazole rings is 1. The van der Waals surface area contributed by atoms with E-state index < -0.39 is 0 Å². The minimum absolute atomic E-state index is 0.0426. The molecule has 0 spiro atoms. The average Bonchev–Trinajstić information content (AvgIpc) is 3.52. The Bertz CT molecular complexity index is 1070. The molecule has 2 aliphatic heterocycles. The molecule has 0 bridgehead atoms. The number of carbonyl (C=O) groups excluding carboxylic acids is 1. The molecule has 1 aromatic carbocycles. The SMILES string of the molecule is C[C@H]1CCc2c(ccc3c2nc(CCn2cccn2)n3CCNCCN2CCNC2=O)N1. The van der Waals surface area contributed by atoms with E-state index in [1.54, 1.807) is 0 Å². The molecule has 32 heavy (non-hydrogen) atoms. The third-order valence-electron chi connectivity index (χ3n) is 6.47. The summed E-state index contributed by atoms with van der Waals surface area (Å²) < 4.78 is 4.31. The Kier molecular flexibility index (Phi) is 5.98. The van der Waals surface area contributed by atoms with Crippen molar-refractivity contribution in [2.45, 2.75) is 45.3 Å². The van der Waals surface area contributed by atoms with Gasteiger partial charge in [0.1, 0.15) is 5.82 Å². The van der Waals surface area contributed by atoms with Gasteiger partial charge in [-0.25, -0.2) is 9.78 Å². The van der Waals surface area contributed by atoms with E-state index >= 15 is 0 Å². The van der Waals surface area contributed by atoms with Gasteiger partial charge in [-0.05, 0) is 38.0 Å². The molecule has 9 nitrogen and oxygen atoms in total. The smallest absolute Gasteiger partial charge is 0.317 e. The van der Waals surface area contributed by atoms with Crippen molar-refractivity contribution >= 4 is 22.8 Å². The normalized spacial score (nSPS) is 18.1. The summed E-state index contributed by atoms with van der Waals surface area (Å²) in [6, 6.07) is 6.92. The maximum absolute atomic E-state index is 11.7. The monoisotopic (exact) mass is 436 g/mol. The number of anilines is 1. The average molecular weight is 437 g/mol. The standard InChI is InChI=1S/C23H32N8O/c1-17-3-4-18-19(27-17)5-6-20-22(18)28-21(7-13-30-12-2-8-26-30)31(20)16-10-24-9-14-29-15-11-25-23(29)32/h2,5-6,8,12,17,24,27H,3-4,7,9-11,13-16H2,1H3,(H,25,32)/t17-/m0/s1. The molecule has 0 radical (unpaired) electrons. The van der Waals surface area contributed by atoms with E-state index in [4.69, 9.17) is 4.98 Å². The molecule has 4 heterocycles. The molecule has 9 heteroatoms. The summed E-state index contributed by atoms with van der Waals surface area (Å²) in [6.45, 7) is 7.80. The summed E-state index contributed by atoms with van der Waals surface area (Å²) >= 11 is 0. The number of nitrogens with one attached hydrogen (secondary N) is 3. The number of nitrogens with zero attached hydrogens (tertiary/aromatic N) is 5. The zero-order valence-corrected chi connectivity index (χ0v) is 18.7. The number of fused-ring (bicyclic) bond motifs is 3. The Hall–Kier alpha value is -3.07. The molecule has 5 rings (SSSR count). The first kappa shape index (κ1) is 20.8. The van der Waals surface area contributed by atoms with Gasteiger partial charge in [0, 0.05) is 81.9 Å². The number of carbonyl (C=O) groups is 1. The molecule has 0 unspecified atom stereocenters. The van der Waals surface area contributed by atoms with Crippen LogP contribution in [0.1, 0.15) is 24.7 Å². The predicted octanol–water partition coefficient (Wildman–Crippen LogP) is 1.84. The van der Waals surface area contributed by atoms with Crippen molar-refractivity contribution in [1.29, 1.82) is 0 Å². The van der Waals surface area contributed by atoms with Crippen LogP contribution in [0.3, 0.4) is 0 Å². The van der Waals surface area contributed by atoms with Gasteiger partial charge in [-0.3, -0.25) is 4.68 Å². The summed E-state index contributed by atoms with van der Waals surface area (Å²) in [6.07, 6.45) is 6.84. The molecule has 1 fully saturated rings. The van der Waals surface area contributed by atoms with Crippen molar-refractivity contribution in [3.8, 4) is 0 Å². The van der Waals surface area contributed by atoms with Gasteiger partial charge in [-0.2, -0.15) is 5.10 Å². The summed E-state index contributed by atoms with van der Waals surface area (Å²) in [5, 5.41) is 14.3. The number of amides is 2. The molecular weight excluding hydrogens is 404 g/mol. The van der Waals surface area contributed by atoms with Crippen LogP contribution in [0.5, 0.6) is 0 Å². The summed E-state index contributed by atoms with van der Waals surface area (Å²) in [5.74, 6) is 1.10. The largest absolute Gasteiger partial charge is 0.382 e. The second-order valence-corrected chi connectivity index (χ2v) is 8.71. The molecule has 3 aromatic rings. The Labute approximate surface area is 188 Å². The highest BCUT2D eigenvalue weighted by Crippen LogP contribution is 2.32. The van der Waals surface area contributed by atoms with E-state index in [-0.39, 0.29) is 6.03 Å². The molecule has 2 aliphatic rings. The van der Waals surface area contributed by atoms with Gasteiger partial charge >= 0.3 is 6.03 Å². The van der Waals surface area contributed by atoms with Gasteiger partial charge < -0.3 is 25.4 Å². The van der Waals surface area contributed by atoms with Crippen LogP contribution in [-0.4, -0.2) is 69.0 Å². The topological polar surface area (TPSA) is 92.0 Å². The molecule has 2 aromatic heterocycles. The van der Waals surface area contributed by atoms with E-state index in [2.05, 4.69) is 44.7 Å². The van der Waals surface area contributed by atoms with Crippen LogP contribution in [-0.2, 0) is 25.9 Å². The van der Waals surface area contributed by atoms with E-state index in [9.17, 15) is 4.79 Å². The third-order valence-corrected chi connectivity index (χ3v) is 6.47. The van der Waals surface area contributed by atoms with Crippen LogP contribution < -0.4 is 16.0 Å². The number of hydrogen-bond donors (Lipinski definition) is 3. The zero-order chi connectivity index (χ0) is 21.9. The highest BCUT2D eigenvalue weighted by Gasteiger charge is 2.21. The Morgan fingerprint density at radius 1 is 1.22 bits per heavy atom. The lowest BCUT2D eigenvalue weighted by molar-refractivity contribution is 0.217.